The number of benzene rings is 1. The topological polar surface area (TPSA) is 81.4 Å². The van der Waals surface area contributed by atoms with E-state index in [-0.39, 0.29) is 23.1 Å². The zero-order chi connectivity index (χ0) is 14.8. The van der Waals surface area contributed by atoms with Gasteiger partial charge in [-0.2, -0.15) is 0 Å². The molecule has 0 aliphatic heterocycles. The highest BCUT2D eigenvalue weighted by Gasteiger charge is 2.20. The first-order chi connectivity index (χ1) is 9.42. The van der Waals surface area contributed by atoms with E-state index in [4.69, 9.17) is 20.8 Å². The number of aromatic nitrogens is 1. The summed E-state index contributed by atoms with van der Waals surface area (Å²) >= 11 is 5.82. The second-order valence-electron chi connectivity index (χ2n) is 3.98. The summed E-state index contributed by atoms with van der Waals surface area (Å²) in [7, 11) is -2.39. The number of rotatable bonds is 5. The van der Waals surface area contributed by atoms with E-state index in [0.717, 1.165) is 0 Å². The summed E-state index contributed by atoms with van der Waals surface area (Å²) in [5, 5.41) is 0.304. The van der Waals surface area contributed by atoms with E-state index in [0.29, 0.717) is 10.8 Å². The number of halogens is 1. The second-order valence-corrected chi connectivity index (χ2v) is 6.16. The Morgan fingerprint density at radius 3 is 2.80 bits per heavy atom. The van der Waals surface area contributed by atoms with Gasteiger partial charge in [-0.25, -0.2) is 18.1 Å². The van der Waals surface area contributed by atoms with Crippen LogP contribution in [0.15, 0.2) is 33.7 Å². The van der Waals surface area contributed by atoms with Crippen LogP contribution in [-0.4, -0.2) is 20.5 Å². The number of aryl methyl sites for hydroxylation is 1. The molecular weight excluding hydrogens is 304 g/mol. The highest BCUT2D eigenvalue weighted by atomic mass is 35.5. The number of nitrogens with one attached hydrogen (secondary N) is 1. The molecule has 8 heteroatoms. The second kappa shape index (κ2) is 5.82. The number of hydrogen-bond acceptors (Lipinski definition) is 5. The molecule has 0 spiro atoms. The van der Waals surface area contributed by atoms with Gasteiger partial charge in [-0.05, 0) is 25.1 Å². The Balaban J connectivity index is 2.24. The maximum atomic E-state index is 12.2. The van der Waals surface area contributed by atoms with Crippen LogP contribution in [0.1, 0.15) is 11.7 Å². The number of methoxy groups -OCH3 is 1. The summed E-state index contributed by atoms with van der Waals surface area (Å²) in [4.78, 5) is 3.89. The largest absolute Gasteiger partial charge is 0.495 e. The predicted octanol–water partition coefficient (Wildman–Crippen LogP) is 2.12. The average molecular weight is 317 g/mol. The van der Waals surface area contributed by atoms with Gasteiger partial charge in [0.25, 0.3) is 0 Å². The van der Waals surface area contributed by atoms with E-state index in [2.05, 4.69) is 9.71 Å². The Morgan fingerprint density at radius 2 is 2.20 bits per heavy atom. The summed E-state index contributed by atoms with van der Waals surface area (Å²) in [6.45, 7) is 1.68. The third-order valence-electron chi connectivity index (χ3n) is 2.50. The maximum absolute atomic E-state index is 12.2. The molecule has 0 fully saturated rings. The number of oxazole rings is 1. The first-order valence-electron chi connectivity index (χ1n) is 5.67. The molecule has 0 unspecified atom stereocenters. The van der Waals surface area contributed by atoms with Crippen LogP contribution in [0, 0.1) is 6.92 Å². The molecule has 20 heavy (non-hydrogen) atoms. The van der Waals surface area contributed by atoms with Crippen molar-refractivity contribution >= 4 is 21.6 Å². The van der Waals surface area contributed by atoms with Crippen LogP contribution in [-0.2, 0) is 16.6 Å². The average Bonchev–Trinajstić information content (AvgIpc) is 2.82. The predicted molar refractivity (Wildman–Crippen MR) is 73.3 cm³/mol. The van der Waals surface area contributed by atoms with Gasteiger partial charge in [0.2, 0.25) is 15.9 Å². The molecule has 1 aromatic carbocycles. The Morgan fingerprint density at radius 1 is 1.45 bits per heavy atom. The third kappa shape index (κ3) is 3.30. The summed E-state index contributed by atoms with van der Waals surface area (Å²) < 4.78 is 37.1. The van der Waals surface area contributed by atoms with E-state index in [1.54, 1.807) is 13.0 Å². The maximum Gasteiger partial charge on any atom is 0.244 e. The lowest BCUT2D eigenvalue weighted by Crippen LogP contribution is -2.24. The van der Waals surface area contributed by atoms with Crippen molar-refractivity contribution in [3.63, 3.8) is 0 Å². The van der Waals surface area contributed by atoms with Crippen molar-refractivity contribution in [2.45, 2.75) is 18.4 Å². The Hall–Kier alpha value is -1.57. The first kappa shape index (κ1) is 14.8. The summed E-state index contributed by atoms with van der Waals surface area (Å²) in [5.74, 6) is 1.11. The molecule has 0 atom stereocenters. The lowest BCUT2D eigenvalue weighted by Gasteiger charge is -2.10. The number of ether oxygens (including phenoxy) is 1. The number of nitrogens with zero attached hydrogens (tertiary/aromatic N) is 1. The van der Waals surface area contributed by atoms with E-state index in [1.807, 2.05) is 0 Å². The first-order valence-corrected chi connectivity index (χ1v) is 7.53. The monoisotopic (exact) mass is 316 g/mol. The van der Waals surface area contributed by atoms with Gasteiger partial charge in [0.1, 0.15) is 16.4 Å². The molecule has 0 bridgehead atoms. The molecule has 0 aliphatic carbocycles. The van der Waals surface area contributed by atoms with Crippen LogP contribution in [0.25, 0.3) is 0 Å². The molecule has 2 rings (SSSR count). The Labute approximate surface area is 121 Å². The molecule has 1 heterocycles. The standard InChI is InChI=1S/C12H13ClN2O4S/c1-8-6-14-12(19-8)7-15-20(16,17)11-5-9(13)3-4-10(11)18-2/h3-6,15H,7H2,1-2H3. The van der Waals surface area contributed by atoms with Crippen molar-refractivity contribution < 1.29 is 17.6 Å². The lowest BCUT2D eigenvalue weighted by molar-refractivity contribution is 0.402. The minimum atomic E-state index is -3.77. The van der Waals surface area contributed by atoms with Crippen molar-refractivity contribution in [3.8, 4) is 5.75 Å². The molecule has 108 valence electrons. The highest BCUT2D eigenvalue weighted by Crippen LogP contribution is 2.26. The van der Waals surface area contributed by atoms with Gasteiger partial charge in [-0.1, -0.05) is 11.6 Å². The lowest BCUT2D eigenvalue weighted by atomic mass is 10.3. The van der Waals surface area contributed by atoms with Gasteiger partial charge in [0, 0.05) is 5.02 Å². The normalized spacial score (nSPS) is 11.6. The van der Waals surface area contributed by atoms with Gasteiger partial charge in [0.05, 0.1) is 19.9 Å². The summed E-state index contributed by atoms with van der Waals surface area (Å²) in [6.07, 6.45) is 1.52. The van der Waals surface area contributed by atoms with Crippen molar-refractivity contribution in [3.05, 3.63) is 41.1 Å². The minimum absolute atomic E-state index is 0.0317. The van der Waals surface area contributed by atoms with Crippen molar-refractivity contribution in [1.82, 2.24) is 9.71 Å². The van der Waals surface area contributed by atoms with Crippen LogP contribution < -0.4 is 9.46 Å². The minimum Gasteiger partial charge on any atom is -0.495 e. The fourth-order valence-corrected chi connectivity index (χ4v) is 2.98. The smallest absolute Gasteiger partial charge is 0.244 e. The number of sulfonamides is 1. The van der Waals surface area contributed by atoms with Crippen LogP contribution >= 0.6 is 11.6 Å². The van der Waals surface area contributed by atoms with E-state index in [1.165, 1.54) is 25.4 Å². The van der Waals surface area contributed by atoms with Crippen molar-refractivity contribution in [2.24, 2.45) is 0 Å². The van der Waals surface area contributed by atoms with Crippen LogP contribution in [0.2, 0.25) is 5.02 Å². The molecule has 0 radical (unpaired) electrons. The Bertz CT molecular complexity index is 712. The Kier molecular flexibility index (Phi) is 4.32. The fourth-order valence-electron chi connectivity index (χ4n) is 1.58. The van der Waals surface area contributed by atoms with Gasteiger partial charge >= 0.3 is 0 Å². The zero-order valence-electron chi connectivity index (χ0n) is 10.9. The molecule has 0 saturated heterocycles. The molecular formula is C12H13ClN2O4S. The molecule has 0 saturated carbocycles. The summed E-state index contributed by atoms with van der Waals surface area (Å²) in [5.41, 5.74) is 0. The molecule has 2 aromatic rings. The van der Waals surface area contributed by atoms with Gasteiger partial charge in [-0.15, -0.1) is 0 Å². The van der Waals surface area contributed by atoms with Crippen LogP contribution in [0.5, 0.6) is 5.75 Å². The fraction of sp³-hybridized carbons (Fsp3) is 0.250. The van der Waals surface area contributed by atoms with Gasteiger partial charge in [-0.3, -0.25) is 0 Å². The molecule has 6 nitrogen and oxygen atoms in total. The SMILES string of the molecule is COc1ccc(Cl)cc1S(=O)(=O)NCc1ncc(C)o1. The molecule has 0 amide bonds. The van der Waals surface area contributed by atoms with Gasteiger partial charge in [0.15, 0.2) is 0 Å². The van der Waals surface area contributed by atoms with Crippen LogP contribution in [0.4, 0.5) is 0 Å². The van der Waals surface area contributed by atoms with E-state index < -0.39 is 10.0 Å². The van der Waals surface area contributed by atoms with E-state index >= 15 is 0 Å². The molecule has 1 N–H and O–H groups in total. The third-order valence-corrected chi connectivity index (χ3v) is 4.16. The number of hydrogen-bond donors (Lipinski definition) is 1. The zero-order valence-corrected chi connectivity index (χ0v) is 12.5. The molecule has 0 aliphatic rings. The quantitative estimate of drug-likeness (QED) is 0.913. The van der Waals surface area contributed by atoms with Crippen molar-refractivity contribution in [2.75, 3.05) is 7.11 Å². The molecule has 1 aromatic heterocycles. The summed E-state index contributed by atoms with van der Waals surface area (Å²) in [6, 6.07) is 4.37. The highest BCUT2D eigenvalue weighted by molar-refractivity contribution is 7.89. The van der Waals surface area contributed by atoms with Crippen LogP contribution in [0.3, 0.4) is 0 Å². The van der Waals surface area contributed by atoms with Crippen molar-refractivity contribution in [1.29, 1.82) is 0 Å². The van der Waals surface area contributed by atoms with Gasteiger partial charge < -0.3 is 9.15 Å². The van der Waals surface area contributed by atoms with E-state index in [9.17, 15) is 8.42 Å².